The van der Waals surface area contributed by atoms with E-state index < -0.39 is 11.9 Å². The number of unbranched alkanes of at least 4 members (excludes halogenated alkanes) is 9. The van der Waals surface area contributed by atoms with Crippen LogP contribution in [0.4, 0.5) is 0 Å². The molecule has 0 rings (SSSR count). The first-order chi connectivity index (χ1) is 8.18. The van der Waals surface area contributed by atoms with Gasteiger partial charge >= 0.3 is 5.97 Å². The zero-order valence-electron chi connectivity index (χ0n) is 11.4. The molecule has 0 aromatic heterocycles. The summed E-state index contributed by atoms with van der Waals surface area (Å²) in [5, 5.41) is 8.66. The summed E-state index contributed by atoms with van der Waals surface area (Å²) in [6, 6.07) is 0. The Kier molecular flexibility index (Phi) is 11.6. The fourth-order valence-electron chi connectivity index (χ4n) is 2.00. The second kappa shape index (κ2) is 11.9. The number of aliphatic carboxylic acids is 1. The Morgan fingerprint density at radius 2 is 1.35 bits per heavy atom. The van der Waals surface area contributed by atoms with Gasteiger partial charge in [-0.3, -0.25) is 4.79 Å². The Morgan fingerprint density at radius 3 is 1.76 bits per heavy atom. The van der Waals surface area contributed by atoms with Crippen LogP contribution in [0.3, 0.4) is 0 Å². The van der Waals surface area contributed by atoms with Crippen LogP contribution in [0.2, 0.25) is 0 Å². The van der Waals surface area contributed by atoms with Gasteiger partial charge < -0.3 is 5.11 Å². The second-order valence-corrected chi connectivity index (χ2v) is 5.01. The van der Waals surface area contributed by atoms with Crippen LogP contribution in [0.15, 0.2) is 0 Å². The first kappa shape index (κ1) is 16.5. The molecule has 17 heavy (non-hydrogen) atoms. The van der Waals surface area contributed by atoms with Crippen LogP contribution >= 0.6 is 0 Å². The molecule has 0 aliphatic heterocycles. The quantitative estimate of drug-likeness (QED) is 0.497. The Balaban J connectivity index is 3.06. The fraction of sp³-hybridized carbons (Fsp3) is 0.867. The summed E-state index contributed by atoms with van der Waals surface area (Å²) in [6.45, 7) is 5.86. The molecule has 0 fully saturated rings. The van der Waals surface area contributed by atoms with Crippen LogP contribution in [0.5, 0.6) is 0 Å². The molecule has 2 heteroatoms. The van der Waals surface area contributed by atoms with Gasteiger partial charge in [0.25, 0.3) is 0 Å². The molecule has 0 amide bonds. The van der Waals surface area contributed by atoms with E-state index in [1.807, 2.05) is 0 Å². The van der Waals surface area contributed by atoms with Crippen molar-refractivity contribution in [1.82, 2.24) is 0 Å². The lowest BCUT2D eigenvalue weighted by molar-refractivity contribution is -0.140. The molecule has 0 heterocycles. The van der Waals surface area contributed by atoms with Gasteiger partial charge in [-0.25, -0.2) is 0 Å². The van der Waals surface area contributed by atoms with Crippen LogP contribution < -0.4 is 0 Å². The molecule has 0 bridgehead atoms. The minimum atomic E-state index is -0.763. The van der Waals surface area contributed by atoms with Crippen molar-refractivity contribution in [2.75, 3.05) is 0 Å². The minimum absolute atomic E-state index is 0.413. The number of hydrogen-bond acceptors (Lipinski definition) is 1. The van der Waals surface area contributed by atoms with Crippen molar-refractivity contribution in [1.29, 1.82) is 0 Å². The predicted octanol–water partition coefficient (Wildman–Crippen LogP) is 4.83. The van der Waals surface area contributed by atoms with E-state index in [-0.39, 0.29) is 0 Å². The zero-order chi connectivity index (χ0) is 12.9. The van der Waals surface area contributed by atoms with Crippen LogP contribution in [0.25, 0.3) is 0 Å². The molecule has 0 saturated carbocycles. The molecule has 1 radical (unpaired) electrons. The molecule has 0 spiro atoms. The van der Waals surface area contributed by atoms with E-state index in [4.69, 9.17) is 5.11 Å². The normalized spacial score (nSPS) is 12.6. The zero-order valence-corrected chi connectivity index (χ0v) is 11.4. The molecule has 101 valence electrons. The molecule has 0 saturated heterocycles. The van der Waals surface area contributed by atoms with Crippen LogP contribution in [-0.2, 0) is 4.79 Å². The Bertz CT molecular complexity index is 178. The molecule has 0 aliphatic rings. The monoisotopic (exact) mass is 241 g/mol. The largest absolute Gasteiger partial charge is 0.481 e. The van der Waals surface area contributed by atoms with Crippen molar-refractivity contribution in [2.45, 2.75) is 77.6 Å². The summed E-state index contributed by atoms with van der Waals surface area (Å²) in [5.41, 5.74) is 0. The van der Waals surface area contributed by atoms with Gasteiger partial charge in [0.2, 0.25) is 0 Å². The van der Waals surface area contributed by atoms with Gasteiger partial charge in [0.1, 0.15) is 0 Å². The number of carboxylic acids is 1. The summed E-state index contributed by atoms with van der Waals surface area (Å²) in [7, 11) is 0. The lowest BCUT2D eigenvalue weighted by Gasteiger charge is -2.05. The van der Waals surface area contributed by atoms with Crippen LogP contribution in [-0.4, -0.2) is 11.1 Å². The highest BCUT2D eigenvalue weighted by atomic mass is 16.4. The van der Waals surface area contributed by atoms with Crippen molar-refractivity contribution in [3.8, 4) is 0 Å². The third-order valence-corrected chi connectivity index (χ3v) is 3.26. The van der Waals surface area contributed by atoms with Crippen molar-refractivity contribution >= 4 is 5.97 Å². The number of hydrogen-bond donors (Lipinski definition) is 1. The summed E-state index contributed by atoms with van der Waals surface area (Å²) in [5.74, 6) is -1.18. The average molecular weight is 241 g/mol. The van der Waals surface area contributed by atoms with Crippen molar-refractivity contribution in [2.24, 2.45) is 5.92 Å². The lowest BCUT2D eigenvalue weighted by atomic mass is 10.0. The summed E-state index contributed by atoms with van der Waals surface area (Å²) >= 11 is 0. The SMILES string of the molecule is [CH2]C(CCCCCCCCCCCC)C(=O)O. The van der Waals surface area contributed by atoms with E-state index in [0.717, 1.165) is 19.3 Å². The van der Waals surface area contributed by atoms with Gasteiger partial charge in [0, 0.05) is 0 Å². The van der Waals surface area contributed by atoms with Crippen LogP contribution in [0.1, 0.15) is 77.6 Å². The second-order valence-electron chi connectivity index (χ2n) is 5.01. The average Bonchev–Trinajstić information content (AvgIpc) is 2.31. The Labute approximate surface area is 107 Å². The molecular formula is C15H29O2. The molecule has 1 atom stereocenters. The maximum Gasteiger partial charge on any atom is 0.306 e. The summed E-state index contributed by atoms with van der Waals surface area (Å²) in [6.07, 6.45) is 13.6. The van der Waals surface area contributed by atoms with E-state index >= 15 is 0 Å². The first-order valence-corrected chi connectivity index (χ1v) is 7.24. The van der Waals surface area contributed by atoms with E-state index in [9.17, 15) is 4.79 Å². The molecule has 0 aromatic rings. The smallest absolute Gasteiger partial charge is 0.306 e. The maximum absolute atomic E-state index is 10.5. The Morgan fingerprint density at radius 1 is 0.941 bits per heavy atom. The van der Waals surface area contributed by atoms with Crippen LogP contribution in [0, 0.1) is 12.8 Å². The van der Waals surface area contributed by atoms with Gasteiger partial charge in [-0.1, -0.05) is 71.1 Å². The Hall–Kier alpha value is -0.530. The van der Waals surface area contributed by atoms with Gasteiger partial charge in [0.15, 0.2) is 0 Å². The highest BCUT2D eigenvalue weighted by molar-refractivity contribution is 5.70. The van der Waals surface area contributed by atoms with Gasteiger partial charge in [-0.05, 0) is 13.3 Å². The van der Waals surface area contributed by atoms with Crippen molar-refractivity contribution < 1.29 is 9.90 Å². The topological polar surface area (TPSA) is 37.3 Å². The third kappa shape index (κ3) is 11.7. The molecule has 1 unspecified atom stereocenters. The number of rotatable bonds is 12. The fourth-order valence-corrected chi connectivity index (χ4v) is 2.00. The first-order valence-electron chi connectivity index (χ1n) is 7.24. The summed E-state index contributed by atoms with van der Waals surface area (Å²) < 4.78 is 0. The summed E-state index contributed by atoms with van der Waals surface area (Å²) in [4.78, 5) is 10.5. The molecule has 2 nitrogen and oxygen atoms in total. The molecule has 1 N–H and O–H groups in total. The van der Waals surface area contributed by atoms with E-state index in [1.54, 1.807) is 0 Å². The van der Waals surface area contributed by atoms with E-state index in [1.165, 1.54) is 51.4 Å². The third-order valence-electron chi connectivity index (χ3n) is 3.26. The number of carbonyl (C=O) groups is 1. The number of carboxylic acid groups (broad SMARTS) is 1. The molecule has 0 aromatic carbocycles. The van der Waals surface area contributed by atoms with E-state index in [2.05, 4.69) is 13.8 Å². The molecular weight excluding hydrogens is 212 g/mol. The van der Waals surface area contributed by atoms with E-state index in [0.29, 0.717) is 0 Å². The highest BCUT2D eigenvalue weighted by Gasteiger charge is 2.09. The lowest BCUT2D eigenvalue weighted by Crippen LogP contribution is -2.09. The standard InChI is InChI=1S/C15H29O2/c1-3-4-5-6-7-8-9-10-11-12-13-14(2)15(16)17/h14H,2-13H2,1H3,(H,16,17). The van der Waals surface area contributed by atoms with Crippen molar-refractivity contribution in [3.63, 3.8) is 0 Å². The van der Waals surface area contributed by atoms with Gasteiger partial charge in [-0.2, -0.15) is 0 Å². The molecule has 0 aliphatic carbocycles. The highest BCUT2D eigenvalue weighted by Crippen LogP contribution is 2.13. The predicted molar refractivity (Wildman–Crippen MR) is 72.9 cm³/mol. The van der Waals surface area contributed by atoms with Crippen molar-refractivity contribution in [3.05, 3.63) is 6.92 Å². The van der Waals surface area contributed by atoms with Gasteiger partial charge in [-0.15, -0.1) is 0 Å². The van der Waals surface area contributed by atoms with Gasteiger partial charge in [0.05, 0.1) is 5.92 Å². The minimum Gasteiger partial charge on any atom is -0.481 e. The maximum atomic E-state index is 10.5.